The number of hydrogen-bond acceptors (Lipinski definition) is 3. The van der Waals surface area contributed by atoms with Crippen molar-refractivity contribution < 1.29 is 0 Å². The Morgan fingerprint density at radius 2 is 1.08 bits per heavy atom. The van der Waals surface area contributed by atoms with Crippen LogP contribution in [0.3, 0.4) is 0 Å². The Bertz CT molecular complexity index is 277. The van der Waals surface area contributed by atoms with Gasteiger partial charge in [-0.05, 0) is 32.9 Å². The maximum absolute atomic E-state index is 5.90. The molecule has 0 fully saturated rings. The predicted octanol–water partition coefficient (Wildman–Crippen LogP) is 5.59. The van der Waals surface area contributed by atoms with Crippen LogP contribution in [0.5, 0.6) is 0 Å². The zero-order chi connectivity index (χ0) is 18.8. The fourth-order valence-electron chi connectivity index (χ4n) is 3.26. The molecular formula is C22H47N3. The molecule has 0 aromatic heterocycles. The van der Waals surface area contributed by atoms with Crippen LogP contribution >= 0.6 is 0 Å². The maximum Gasteiger partial charge on any atom is 0.0322 e. The first kappa shape index (κ1) is 24.5. The van der Waals surface area contributed by atoms with Gasteiger partial charge in [0.2, 0.25) is 0 Å². The van der Waals surface area contributed by atoms with Crippen LogP contribution in [0.1, 0.15) is 104 Å². The average molecular weight is 354 g/mol. The molecule has 0 aliphatic heterocycles. The topological polar surface area (TPSA) is 55.3 Å². The maximum atomic E-state index is 5.90. The van der Waals surface area contributed by atoms with Gasteiger partial charge < -0.3 is 16.4 Å². The van der Waals surface area contributed by atoms with Gasteiger partial charge in [0.15, 0.2) is 0 Å². The van der Waals surface area contributed by atoms with Crippen molar-refractivity contribution in [1.29, 1.82) is 0 Å². The van der Waals surface area contributed by atoms with E-state index in [9.17, 15) is 0 Å². The van der Waals surface area contributed by atoms with Crippen molar-refractivity contribution in [3.63, 3.8) is 0 Å². The standard InChI is InChI=1S/C22H47N3/c1-4-5-6-7-8-9-10-11-12-13-14-15-16-17-18-25(19-21(2)23)20-22(3)24/h17-18,21-22H,4-16,19-20,23-24H2,1-3H3/b18-17+. The normalized spacial score (nSPS) is 14.1. The zero-order valence-corrected chi connectivity index (χ0v) is 17.5. The van der Waals surface area contributed by atoms with Crippen LogP contribution in [0.4, 0.5) is 0 Å². The summed E-state index contributed by atoms with van der Waals surface area (Å²) in [5.74, 6) is 0. The fourth-order valence-corrected chi connectivity index (χ4v) is 3.26. The summed E-state index contributed by atoms with van der Waals surface area (Å²) in [6.45, 7) is 8.15. The van der Waals surface area contributed by atoms with Crippen LogP contribution < -0.4 is 11.5 Å². The first-order valence-electron chi connectivity index (χ1n) is 11.0. The number of nitrogens with two attached hydrogens (primary N) is 2. The van der Waals surface area contributed by atoms with Crippen LogP contribution in [0.2, 0.25) is 0 Å². The lowest BCUT2D eigenvalue weighted by atomic mass is 10.0. The second-order valence-corrected chi connectivity index (χ2v) is 7.97. The summed E-state index contributed by atoms with van der Waals surface area (Å²) in [5.41, 5.74) is 11.8. The quantitative estimate of drug-likeness (QED) is 0.316. The van der Waals surface area contributed by atoms with Crippen molar-refractivity contribution in [1.82, 2.24) is 4.90 Å². The van der Waals surface area contributed by atoms with Gasteiger partial charge >= 0.3 is 0 Å². The van der Waals surface area contributed by atoms with Gasteiger partial charge in [0.1, 0.15) is 0 Å². The van der Waals surface area contributed by atoms with Gasteiger partial charge in [-0.25, -0.2) is 0 Å². The molecule has 4 N–H and O–H groups in total. The predicted molar refractivity (Wildman–Crippen MR) is 114 cm³/mol. The molecule has 0 spiro atoms. The van der Waals surface area contributed by atoms with E-state index in [1.54, 1.807) is 0 Å². The highest BCUT2D eigenvalue weighted by Crippen LogP contribution is 2.12. The summed E-state index contributed by atoms with van der Waals surface area (Å²) >= 11 is 0. The van der Waals surface area contributed by atoms with E-state index in [0.29, 0.717) is 0 Å². The molecule has 0 rings (SSSR count). The molecule has 25 heavy (non-hydrogen) atoms. The molecule has 0 heterocycles. The molecule has 0 aliphatic carbocycles. The van der Waals surface area contributed by atoms with E-state index in [0.717, 1.165) is 13.1 Å². The van der Waals surface area contributed by atoms with E-state index in [2.05, 4.69) is 24.1 Å². The summed E-state index contributed by atoms with van der Waals surface area (Å²) in [5, 5.41) is 0. The molecular weight excluding hydrogens is 306 g/mol. The lowest BCUT2D eigenvalue weighted by Gasteiger charge is -2.24. The minimum Gasteiger partial charge on any atom is -0.375 e. The number of allylic oxidation sites excluding steroid dienone is 1. The zero-order valence-electron chi connectivity index (χ0n) is 17.5. The molecule has 0 amide bonds. The summed E-state index contributed by atoms with van der Waals surface area (Å²) in [6, 6.07) is 0.380. The van der Waals surface area contributed by atoms with Crippen LogP contribution in [0.25, 0.3) is 0 Å². The first-order chi connectivity index (χ1) is 12.1. The first-order valence-corrected chi connectivity index (χ1v) is 11.0. The molecule has 0 saturated carbocycles. The van der Waals surface area contributed by atoms with E-state index in [1.165, 1.54) is 83.5 Å². The molecule has 3 heteroatoms. The Hall–Kier alpha value is -0.540. The number of nitrogens with zero attached hydrogens (tertiary/aromatic N) is 1. The second-order valence-electron chi connectivity index (χ2n) is 7.97. The number of rotatable bonds is 18. The van der Waals surface area contributed by atoms with E-state index >= 15 is 0 Å². The van der Waals surface area contributed by atoms with E-state index in [1.807, 2.05) is 13.8 Å². The molecule has 0 saturated heterocycles. The lowest BCUT2D eigenvalue weighted by molar-refractivity contribution is 0.336. The highest BCUT2D eigenvalue weighted by molar-refractivity contribution is 4.85. The van der Waals surface area contributed by atoms with Gasteiger partial charge in [-0.1, -0.05) is 83.6 Å². The minimum atomic E-state index is 0.190. The van der Waals surface area contributed by atoms with E-state index in [-0.39, 0.29) is 12.1 Å². The van der Waals surface area contributed by atoms with Crippen molar-refractivity contribution in [3.8, 4) is 0 Å². The third-order valence-corrected chi connectivity index (χ3v) is 4.59. The fraction of sp³-hybridized carbons (Fsp3) is 0.909. The van der Waals surface area contributed by atoms with E-state index in [4.69, 9.17) is 11.5 Å². The Labute approximate surface area is 158 Å². The summed E-state index contributed by atoms with van der Waals surface area (Å²) < 4.78 is 0. The Morgan fingerprint density at radius 1 is 0.680 bits per heavy atom. The van der Waals surface area contributed by atoms with Crippen LogP contribution in [0, 0.1) is 0 Å². The van der Waals surface area contributed by atoms with Crippen LogP contribution in [-0.2, 0) is 0 Å². The highest BCUT2D eigenvalue weighted by atomic mass is 15.1. The number of hydrogen-bond donors (Lipinski definition) is 2. The van der Waals surface area contributed by atoms with Gasteiger partial charge in [0, 0.05) is 25.2 Å². The molecule has 0 radical (unpaired) electrons. The van der Waals surface area contributed by atoms with Gasteiger partial charge in [-0.3, -0.25) is 0 Å². The average Bonchev–Trinajstić information content (AvgIpc) is 2.54. The third-order valence-electron chi connectivity index (χ3n) is 4.59. The lowest BCUT2D eigenvalue weighted by Crippen LogP contribution is -2.38. The number of unbranched alkanes of at least 4 members (excludes halogenated alkanes) is 12. The third kappa shape index (κ3) is 19.6. The van der Waals surface area contributed by atoms with Crippen molar-refractivity contribution >= 4 is 0 Å². The summed E-state index contributed by atoms with van der Waals surface area (Å²) in [4.78, 5) is 2.26. The smallest absolute Gasteiger partial charge is 0.0322 e. The molecule has 3 nitrogen and oxygen atoms in total. The molecule has 0 aliphatic rings. The van der Waals surface area contributed by atoms with Gasteiger partial charge in [0.05, 0.1) is 0 Å². The molecule has 150 valence electrons. The van der Waals surface area contributed by atoms with Crippen molar-refractivity contribution in [2.45, 2.75) is 116 Å². The Morgan fingerprint density at radius 3 is 1.48 bits per heavy atom. The SMILES string of the molecule is CCCCCCCCCCCCCC/C=C/N(CC(C)N)CC(C)N. The molecule has 2 atom stereocenters. The van der Waals surface area contributed by atoms with E-state index < -0.39 is 0 Å². The van der Waals surface area contributed by atoms with Crippen LogP contribution in [0.15, 0.2) is 12.3 Å². The van der Waals surface area contributed by atoms with Crippen molar-refractivity contribution in [2.75, 3.05) is 13.1 Å². The highest BCUT2D eigenvalue weighted by Gasteiger charge is 2.04. The molecule has 0 aromatic rings. The minimum absolute atomic E-state index is 0.190. The monoisotopic (exact) mass is 353 g/mol. The second kappa shape index (κ2) is 18.3. The van der Waals surface area contributed by atoms with Crippen LogP contribution in [-0.4, -0.2) is 30.1 Å². The molecule has 0 bridgehead atoms. The largest absolute Gasteiger partial charge is 0.375 e. The van der Waals surface area contributed by atoms with Crippen molar-refractivity contribution in [3.05, 3.63) is 12.3 Å². The van der Waals surface area contributed by atoms with Gasteiger partial charge in [-0.2, -0.15) is 0 Å². The van der Waals surface area contributed by atoms with Gasteiger partial charge in [-0.15, -0.1) is 0 Å². The summed E-state index contributed by atoms with van der Waals surface area (Å²) in [7, 11) is 0. The molecule has 0 aromatic carbocycles. The summed E-state index contributed by atoms with van der Waals surface area (Å²) in [6.07, 6.45) is 22.6. The van der Waals surface area contributed by atoms with Crippen molar-refractivity contribution in [2.24, 2.45) is 11.5 Å². The Balaban J connectivity index is 3.46. The molecule has 2 unspecified atom stereocenters. The Kier molecular flexibility index (Phi) is 17.9. The van der Waals surface area contributed by atoms with Gasteiger partial charge in [0.25, 0.3) is 0 Å².